The number of amides is 1. The highest BCUT2D eigenvalue weighted by atomic mass is 16.5. The van der Waals surface area contributed by atoms with Crippen LogP contribution >= 0.6 is 0 Å². The molecule has 3 rings (SSSR count). The second kappa shape index (κ2) is 9.70. The van der Waals surface area contributed by atoms with Gasteiger partial charge in [0, 0.05) is 18.7 Å². The van der Waals surface area contributed by atoms with E-state index < -0.39 is 0 Å². The molecule has 0 aliphatic carbocycles. The number of para-hydroxylation sites is 1. The Bertz CT molecular complexity index is 728. The Labute approximate surface area is 153 Å². The number of hydrazone groups is 1. The first kappa shape index (κ1) is 18.1. The number of carbonyl (C=O) groups is 1. The monoisotopic (exact) mass is 353 g/mol. The third-order valence-corrected chi connectivity index (χ3v) is 4.02. The number of benzene rings is 2. The van der Waals surface area contributed by atoms with Crippen LogP contribution in [0, 0.1) is 0 Å². The first-order chi connectivity index (χ1) is 12.8. The Morgan fingerprint density at radius 3 is 2.65 bits per heavy atom. The highest BCUT2D eigenvalue weighted by Crippen LogP contribution is 2.17. The van der Waals surface area contributed by atoms with Crippen LogP contribution in [0.1, 0.15) is 11.1 Å². The van der Waals surface area contributed by atoms with Gasteiger partial charge in [-0.05, 0) is 17.7 Å². The number of carbonyl (C=O) groups excluding carboxylic acids is 1. The summed E-state index contributed by atoms with van der Waals surface area (Å²) in [6.45, 7) is 3.69. The molecule has 0 spiro atoms. The second-order valence-corrected chi connectivity index (χ2v) is 5.99. The van der Waals surface area contributed by atoms with Crippen molar-refractivity contribution in [3.63, 3.8) is 0 Å². The van der Waals surface area contributed by atoms with Gasteiger partial charge in [0.05, 0.1) is 26.0 Å². The van der Waals surface area contributed by atoms with Crippen molar-refractivity contribution in [1.29, 1.82) is 0 Å². The third-order valence-electron chi connectivity index (χ3n) is 4.02. The fourth-order valence-corrected chi connectivity index (χ4v) is 2.63. The normalized spacial score (nSPS) is 15.1. The van der Waals surface area contributed by atoms with Gasteiger partial charge in [0.2, 0.25) is 0 Å². The van der Waals surface area contributed by atoms with Crippen molar-refractivity contribution in [1.82, 2.24) is 10.3 Å². The lowest BCUT2D eigenvalue weighted by Crippen LogP contribution is -2.42. The lowest BCUT2D eigenvalue weighted by atomic mass is 10.2. The average Bonchev–Trinajstić information content (AvgIpc) is 2.69. The number of hydrogen-bond donors (Lipinski definition) is 1. The summed E-state index contributed by atoms with van der Waals surface area (Å²) in [5, 5.41) is 4.06. The van der Waals surface area contributed by atoms with Gasteiger partial charge < -0.3 is 9.47 Å². The van der Waals surface area contributed by atoms with E-state index in [0.717, 1.165) is 30.0 Å². The zero-order valence-corrected chi connectivity index (χ0v) is 14.6. The molecule has 2 aromatic carbocycles. The quantitative estimate of drug-likeness (QED) is 0.611. The smallest absolute Gasteiger partial charge is 0.254 e. The lowest BCUT2D eigenvalue weighted by molar-refractivity contribution is -0.123. The van der Waals surface area contributed by atoms with Gasteiger partial charge in [-0.25, -0.2) is 5.43 Å². The molecule has 1 amide bonds. The second-order valence-electron chi connectivity index (χ2n) is 5.99. The number of hydrogen-bond acceptors (Lipinski definition) is 5. The SMILES string of the molecule is O=C(CN1CCOCC1)N/N=C/c1ccccc1OCc1ccccc1. The van der Waals surface area contributed by atoms with Crippen molar-refractivity contribution in [3.8, 4) is 5.75 Å². The molecule has 0 unspecified atom stereocenters. The van der Waals surface area contributed by atoms with Crippen LogP contribution in [0.25, 0.3) is 0 Å². The van der Waals surface area contributed by atoms with Gasteiger partial charge in [0.1, 0.15) is 12.4 Å². The zero-order valence-electron chi connectivity index (χ0n) is 14.6. The number of ether oxygens (including phenoxy) is 2. The van der Waals surface area contributed by atoms with Gasteiger partial charge in [-0.2, -0.15) is 5.10 Å². The van der Waals surface area contributed by atoms with Crippen LogP contribution in [0.2, 0.25) is 0 Å². The maximum absolute atomic E-state index is 12.0. The number of morpholine rings is 1. The maximum Gasteiger partial charge on any atom is 0.254 e. The molecule has 6 heteroatoms. The highest BCUT2D eigenvalue weighted by molar-refractivity contribution is 5.85. The van der Waals surface area contributed by atoms with Crippen LogP contribution in [-0.4, -0.2) is 49.9 Å². The Kier molecular flexibility index (Phi) is 6.75. The molecule has 1 heterocycles. The number of nitrogens with one attached hydrogen (secondary N) is 1. The Morgan fingerprint density at radius 2 is 1.85 bits per heavy atom. The molecular formula is C20H23N3O3. The fraction of sp³-hybridized carbons (Fsp3) is 0.300. The van der Waals surface area contributed by atoms with Crippen LogP contribution in [0.3, 0.4) is 0 Å². The summed E-state index contributed by atoms with van der Waals surface area (Å²) in [4.78, 5) is 14.0. The molecule has 0 atom stereocenters. The van der Waals surface area contributed by atoms with Crippen molar-refractivity contribution in [2.24, 2.45) is 5.10 Å². The predicted octanol–water partition coefficient (Wildman–Crippen LogP) is 2.05. The van der Waals surface area contributed by atoms with E-state index in [9.17, 15) is 4.79 Å². The molecule has 0 radical (unpaired) electrons. The van der Waals surface area contributed by atoms with Crippen LogP contribution < -0.4 is 10.2 Å². The summed E-state index contributed by atoms with van der Waals surface area (Å²) in [7, 11) is 0. The minimum atomic E-state index is -0.133. The van der Waals surface area contributed by atoms with Crippen molar-refractivity contribution >= 4 is 12.1 Å². The van der Waals surface area contributed by atoms with E-state index >= 15 is 0 Å². The number of nitrogens with zero attached hydrogens (tertiary/aromatic N) is 2. The van der Waals surface area contributed by atoms with Crippen molar-refractivity contribution in [2.45, 2.75) is 6.61 Å². The molecule has 0 aromatic heterocycles. The topological polar surface area (TPSA) is 63.2 Å². The van der Waals surface area contributed by atoms with Gasteiger partial charge in [-0.15, -0.1) is 0 Å². The van der Waals surface area contributed by atoms with Crippen molar-refractivity contribution in [3.05, 3.63) is 65.7 Å². The van der Waals surface area contributed by atoms with E-state index in [4.69, 9.17) is 9.47 Å². The summed E-state index contributed by atoms with van der Waals surface area (Å²) in [6.07, 6.45) is 1.61. The van der Waals surface area contributed by atoms with E-state index in [1.807, 2.05) is 59.5 Å². The number of rotatable bonds is 7. The van der Waals surface area contributed by atoms with Gasteiger partial charge in [-0.1, -0.05) is 42.5 Å². The minimum absolute atomic E-state index is 0.133. The zero-order chi connectivity index (χ0) is 18.0. The van der Waals surface area contributed by atoms with Gasteiger partial charge in [0.15, 0.2) is 0 Å². The molecule has 1 aliphatic heterocycles. The third kappa shape index (κ3) is 5.68. The average molecular weight is 353 g/mol. The molecule has 1 saturated heterocycles. The predicted molar refractivity (Wildman–Crippen MR) is 100 cm³/mol. The molecule has 0 bridgehead atoms. The molecule has 1 N–H and O–H groups in total. The molecule has 0 saturated carbocycles. The molecule has 26 heavy (non-hydrogen) atoms. The Morgan fingerprint density at radius 1 is 1.12 bits per heavy atom. The Hall–Kier alpha value is -2.70. The molecule has 1 aliphatic rings. The largest absolute Gasteiger partial charge is 0.488 e. The minimum Gasteiger partial charge on any atom is -0.488 e. The maximum atomic E-state index is 12.0. The molecular weight excluding hydrogens is 330 g/mol. The molecule has 136 valence electrons. The standard InChI is InChI=1S/C20H23N3O3/c24-20(15-23-10-12-25-13-11-23)22-21-14-18-8-4-5-9-19(18)26-16-17-6-2-1-3-7-17/h1-9,14H,10-13,15-16H2,(H,22,24)/b21-14+. The van der Waals surface area contributed by atoms with Crippen LogP contribution in [0.15, 0.2) is 59.7 Å². The van der Waals surface area contributed by atoms with Gasteiger partial charge in [-0.3, -0.25) is 9.69 Å². The summed E-state index contributed by atoms with van der Waals surface area (Å²) >= 11 is 0. The summed E-state index contributed by atoms with van der Waals surface area (Å²) in [5.74, 6) is 0.591. The summed E-state index contributed by atoms with van der Waals surface area (Å²) in [6, 6.07) is 17.6. The fourth-order valence-electron chi connectivity index (χ4n) is 2.63. The van der Waals surface area contributed by atoms with E-state index in [1.165, 1.54) is 0 Å². The lowest BCUT2D eigenvalue weighted by Gasteiger charge is -2.25. The highest BCUT2D eigenvalue weighted by Gasteiger charge is 2.13. The van der Waals surface area contributed by atoms with Crippen LogP contribution in [0.4, 0.5) is 0 Å². The Balaban J connectivity index is 1.52. The first-order valence-electron chi connectivity index (χ1n) is 8.69. The molecule has 2 aromatic rings. The summed E-state index contributed by atoms with van der Waals surface area (Å²) in [5.41, 5.74) is 4.48. The summed E-state index contributed by atoms with van der Waals surface area (Å²) < 4.78 is 11.1. The van der Waals surface area contributed by atoms with Gasteiger partial charge >= 0.3 is 0 Å². The van der Waals surface area contributed by atoms with E-state index in [-0.39, 0.29) is 5.91 Å². The van der Waals surface area contributed by atoms with Crippen LogP contribution in [-0.2, 0) is 16.1 Å². The van der Waals surface area contributed by atoms with Crippen molar-refractivity contribution in [2.75, 3.05) is 32.8 Å². The molecule has 6 nitrogen and oxygen atoms in total. The molecule has 1 fully saturated rings. The van der Waals surface area contributed by atoms with E-state index in [1.54, 1.807) is 6.21 Å². The van der Waals surface area contributed by atoms with Gasteiger partial charge in [0.25, 0.3) is 5.91 Å². The van der Waals surface area contributed by atoms with Crippen LogP contribution in [0.5, 0.6) is 5.75 Å². The van der Waals surface area contributed by atoms with Crippen molar-refractivity contribution < 1.29 is 14.3 Å². The van der Waals surface area contributed by atoms with E-state index in [0.29, 0.717) is 26.4 Å². The van der Waals surface area contributed by atoms with E-state index in [2.05, 4.69) is 10.5 Å². The first-order valence-corrected chi connectivity index (χ1v) is 8.69.